The minimum atomic E-state index is 0.733. The first-order valence-electron chi connectivity index (χ1n) is 6.23. The highest BCUT2D eigenvalue weighted by atomic mass is 32.2. The highest BCUT2D eigenvalue weighted by Gasteiger charge is 2.06. The molecule has 0 amide bonds. The Bertz CT molecular complexity index is 496. The van der Waals surface area contributed by atoms with Gasteiger partial charge in [0.25, 0.3) is 0 Å². The lowest BCUT2D eigenvalue weighted by molar-refractivity contribution is 0.384. The first-order valence-corrected chi connectivity index (χ1v) is 7.38. The number of hydrogen-bond donors (Lipinski definition) is 0. The van der Waals surface area contributed by atoms with Gasteiger partial charge in [0.05, 0.1) is 5.75 Å². The molecule has 0 N–H and O–H groups in total. The van der Waals surface area contributed by atoms with Crippen molar-refractivity contribution in [1.82, 2.24) is 10.1 Å². The molecule has 0 spiro atoms. The fourth-order valence-corrected chi connectivity index (χ4v) is 2.63. The minimum absolute atomic E-state index is 0.733. The highest BCUT2D eigenvalue weighted by molar-refractivity contribution is 7.97. The predicted molar refractivity (Wildman–Crippen MR) is 74.5 cm³/mol. The molecule has 0 aliphatic carbocycles. The minimum Gasteiger partial charge on any atom is -0.338 e. The van der Waals surface area contributed by atoms with Gasteiger partial charge in [0.1, 0.15) is 0 Å². The van der Waals surface area contributed by atoms with Gasteiger partial charge in [-0.05, 0) is 24.5 Å². The Morgan fingerprint density at radius 3 is 2.83 bits per heavy atom. The zero-order chi connectivity index (χ0) is 12.8. The third-order valence-electron chi connectivity index (χ3n) is 2.73. The van der Waals surface area contributed by atoms with Gasteiger partial charge in [0, 0.05) is 12.2 Å². The molecule has 0 radical (unpaired) electrons. The number of aryl methyl sites for hydroxylation is 2. The number of nitrogens with zero attached hydrogens (tertiary/aromatic N) is 2. The average Bonchev–Trinajstić information content (AvgIpc) is 2.80. The molecule has 2 aromatic rings. The van der Waals surface area contributed by atoms with Crippen molar-refractivity contribution in [3.8, 4) is 0 Å². The quantitative estimate of drug-likeness (QED) is 0.794. The summed E-state index contributed by atoms with van der Waals surface area (Å²) in [4.78, 5) is 4.35. The second-order valence-electron chi connectivity index (χ2n) is 4.27. The standard InChI is InChI=1S/C14H18N2OS/c1-3-6-13-15-14(17-16-13)10-18-9-12-8-5-4-7-11(12)2/h4-5,7-8H,3,6,9-10H2,1-2H3. The molecule has 4 heteroatoms. The second kappa shape index (κ2) is 6.59. The Labute approximate surface area is 112 Å². The van der Waals surface area contributed by atoms with Crippen LogP contribution < -0.4 is 0 Å². The molecule has 2 rings (SSSR count). The summed E-state index contributed by atoms with van der Waals surface area (Å²) >= 11 is 1.81. The Morgan fingerprint density at radius 2 is 2.06 bits per heavy atom. The van der Waals surface area contributed by atoms with Gasteiger partial charge in [0.2, 0.25) is 5.89 Å². The fraction of sp³-hybridized carbons (Fsp3) is 0.429. The molecule has 96 valence electrons. The summed E-state index contributed by atoms with van der Waals surface area (Å²) < 4.78 is 5.20. The molecular weight excluding hydrogens is 244 g/mol. The van der Waals surface area contributed by atoms with Crippen molar-refractivity contribution in [2.24, 2.45) is 0 Å². The van der Waals surface area contributed by atoms with Gasteiger partial charge in [-0.25, -0.2) is 0 Å². The van der Waals surface area contributed by atoms with Gasteiger partial charge < -0.3 is 4.52 Å². The van der Waals surface area contributed by atoms with Gasteiger partial charge in [-0.3, -0.25) is 0 Å². The van der Waals surface area contributed by atoms with Crippen LogP contribution in [0.5, 0.6) is 0 Å². The Hall–Kier alpha value is -1.29. The topological polar surface area (TPSA) is 38.9 Å². The first kappa shape index (κ1) is 13.1. The van der Waals surface area contributed by atoms with E-state index in [0.717, 1.165) is 36.1 Å². The van der Waals surface area contributed by atoms with Crippen LogP contribution in [-0.4, -0.2) is 10.1 Å². The zero-order valence-corrected chi connectivity index (χ0v) is 11.7. The molecule has 0 aliphatic rings. The molecule has 0 saturated carbocycles. The smallest absolute Gasteiger partial charge is 0.236 e. The Morgan fingerprint density at radius 1 is 1.22 bits per heavy atom. The lowest BCUT2D eigenvalue weighted by atomic mass is 10.1. The van der Waals surface area contributed by atoms with Crippen molar-refractivity contribution in [3.63, 3.8) is 0 Å². The third-order valence-corrected chi connectivity index (χ3v) is 3.69. The van der Waals surface area contributed by atoms with E-state index in [9.17, 15) is 0 Å². The van der Waals surface area contributed by atoms with E-state index in [1.54, 1.807) is 0 Å². The Balaban J connectivity index is 1.83. The largest absolute Gasteiger partial charge is 0.338 e. The monoisotopic (exact) mass is 262 g/mol. The van der Waals surface area contributed by atoms with Gasteiger partial charge in [-0.2, -0.15) is 4.98 Å². The highest BCUT2D eigenvalue weighted by Crippen LogP contribution is 2.19. The summed E-state index contributed by atoms with van der Waals surface area (Å²) in [6.07, 6.45) is 1.95. The van der Waals surface area contributed by atoms with Crippen LogP contribution in [0, 0.1) is 6.92 Å². The molecule has 18 heavy (non-hydrogen) atoms. The SMILES string of the molecule is CCCc1noc(CSCc2ccccc2C)n1. The lowest BCUT2D eigenvalue weighted by Crippen LogP contribution is -1.88. The number of thioether (sulfide) groups is 1. The number of benzene rings is 1. The predicted octanol–water partition coefficient (Wildman–Crippen LogP) is 3.76. The molecule has 1 aromatic carbocycles. The van der Waals surface area contributed by atoms with Crippen molar-refractivity contribution in [1.29, 1.82) is 0 Å². The maximum atomic E-state index is 5.20. The maximum Gasteiger partial charge on any atom is 0.236 e. The summed E-state index contributed by atoms with van der Waals surface area (Å²) in [7, 11) is 0. The second-order valence-corrected chi connectivity index (χ2v) is 5.26. The summed E-state index contributed by atoms with van der Waals surface area (Å²) in [6, 6.07) is 8.45. The van der Waals surface area contributed by atoms with Gasteiger partial charge in [-0.15, -0.1) is 11.8 Å². The molecular formula is C14H18N2OS. The van der Waals surface area contributed by atoms with Crippen LogP contribution in [0.15, 0.2) is 28.8 Å². The van der Waals surface area contributed by atoms with Crippen LogP contribution >= 0.6 is 11.8 Å². The van der Waals surface area contributed by atoms with E-state index in [1.165, 1.54) is 11.1 Å². The van der Waals surface area contributed by atoms with Crippen molar-refractivity contribution in [2.45, 2.75) is 38.2 Å². The van der Waals surface area contributed by atoms with E-state index >= 15 is 0 Å². The molecule has 0 atom stereocenters. The van der Waals surface area contributed by atoms with Crippen LogP contribution in [0.3, 0.4) is 0 Å². The van der Waals surface area contributed by atoms with Crippen LogP contribution in [0.1, 0.15) is 36.2 Å². The van der Waals surface area contributed by atoms with Crippen molar-refractivity contribution >= 4 is 11.8 Å². The number of hydrogen-bond acceptors (Lipinski definition) is 4. The summed E-state index contributed by atoms with van der Waals surface area (Å²) in [5, 5.41) is 3.95. The van der Waals surface area contributed by atoms with Crippen LogP contribution in [-0.2, 0) is 17.9 Å². The van der Waals surface area contributed by atoms with Gasteiger partial charge in [0.15, 0.2) is 5.82 Å². The molecule has 1 heterocycles. The zero-order valence-electron chi connectivity index (χ0n) is 10.8. The molecule has 0 bridgehead atoms. The van der Waals surface area contributed by atoms with Crippen molar-refractivity contribution < 1.29 is 4.52 Å². The first-order chi connectivity index (χ1) is 8.79. The average molecular weight is 262 g/mol. The van der Waals surface area contributed by atoms with Gasteiger partial charge in [-0.1, -0.05) is 36.3 Å². The van der Waals surface area contributed by atoms with Crippen LogP contribution in [0.4, 0.5) is 0 Å². The van der Waals surface area contributed by atoms with E-state index in [4.69, 9.17) is 4.52 Å². The van der Waals surface area contributed by atoms with Crippen LogP contribution in [0.2, 0.25) is 0 Å². The summed E-state index contributed by atoms with van der Waals surface area (Å²) in [5.41, 5.74) is 2.71. The van der Waals surface area contributed by atoms with E-state index in [1.807, 2.05) is 11.8 Å². The molecule has 0 fully saturated rings. The lowest BCUT2D eigenvalue weighted by Gasteiger charge is -2.03. The molecule has 0 saturated heterocycles. The van der Waals surface area contributed by atoms with Crippen molar-refractivity contribution in [2.75, 3.05) is 0 Å². The summed E-state index contributed by atoms with van der Waals surface area (Å²) in [6.45, 7) is 4.25. The fourth-order valence-electron chi connectivity index (χ4n) is 1.69. The van der Waals surface area contributed by atoms with Crippen molar-refractivity contribution in [3.05, 3.63) is 47.1 Å². The van der Waals surface area contributed by atoms with Crippen LogP contribution in [0.25, 0.3) is 0 Å². The number of rotatable bonds is 6. The van der Waals surface area contributed by atoms with E-state index in [0.29, 0.717) is 0 Å². The normalized spacial score (nSPS) is 10.8. The van der Waals surface area contributed by atoms with E-state index < -0.39 is 0 Å². The third kappa shape index (κ3) is 3.60. The Kier molecular flexibility index (Phi) is 4.81. The molecule has 0 aliphatic heterocycles. The number of aromatic nitrogens is 2. The van der Waals surface area contributed by atoms with E-state index in [2.05, 4.69) is 48.3 Å². The van der Waals surface area contributed by atoms with Gasteiger partial charge >= 0.3 is 0 Å². The molecule has 3 nitrogen and oxygen atoms in total. The molecule has 0 unspecified atom stereocenters. The maximum absolute atomic E-state index is 5.20. The molecule has 1 aromatic heterocycles. The summed E-state index contributed by atoms with van der Waals surface area (Å²) in [5.74, 6) is 3.32. The van der Waals surface area contributed by atoms with E-state index in [-0.39, 0.29) is 0 Å².